The average Bonchev–Trinajstić information content (AvgIpc) is 2.74. The van der Waals surface area contributed by atoms with E-state index in [2.05, 4.69) is 20.8 Å². The summed E-state index contributed by atoms with van der Waals surface area (Å²) >= 11 is 0. The van der Waals surface area contributed by atoms with Crippen LogP contribution in [-0.2, 0) is 0 Å². The summed E-state index contributed by atoms with van der Waals surface area (Å²) in [6.45, 7) is 7.35. The molecule has 1 N–H and O–H groups in total. The van der Waals surface area contributed by atoms with Crippen LogP contribution in [-0.4, -0.2) is 36.4 Å². The zero-order valence-electron chi connectivity index (χ0n) is 20.9. The molecule has 2 heteroatoms. The Morgan fingerprint density at radius 1 is 0.379 bits per heavy atom. The van der Waals surface area contributed by atoms with Crippen LogP contribution in [0.4, 0.5) is 0 Å². The van der Waals surface area contributed by atoms with Gasteiger partial charge in [0, 0.05) is 0 Å². The third-order valence-electron chi connectivity index (χ3n) is 7.05. The van der Waals surface area contributed by atoms with E-state index in [4.69, 9.17) is 0 Å². The summed E-state index contributed by atoms with van der Waals surface area (Å²) in [4.78, 5) is 0. The van der Waals surface area contributed by atoms with Gasteiger partial charge in [-0.05, 0) is 0 Å². The van der Waals surface area contributed by atoms with E-state index in [0.717, 1.165) is 6.42 Å². The van der Waals surface area contributed by atoms with Gasteiger partial charge in [0.25, 0.3) is 0 Å². The first kappa shape index (κ1) is 29.4. The zero-order valence-corrected chi connectivity index (χ0v) is 21.9. The van der Waals surface area contributed by atoms with Crippen LogP contribution in [0, 0.1) is 0 Å². The number of hydrogen-bond donors (Lipinski definition) is 1. The second kappa shape index (κ2) is 23.1. The molecule has 0 heterocycles. The molecule has 0 amide bonds. The Morgan fingerprint density at radius 3 is 0.966 bits per heavy atom. The van der Waals surface area contributed by atoms with Crippen LogP contribution >= 0.6 is 7.26 Å². The Kier molecular flexibility index (Phi) is 23.4. The van der Waals surface area contributed by atoms with Gasteiger partial charge >= 0.3 is 186 Å². The van der Waals surface area contributed by atoms with Crippen LogP contribution < -0.4 is 0 Å². The summed E-state index contributed by atoms with van der Waals surface area (Å²) < 4.78 is 0. The van der Waals surface area contributed by atoms with Crippen LogP contribution in [0.2, 0.25) is 0 Å². The van der Waals surface area contributed by atoms with Crippen LogP contribution in [0.1, 0.15) is 143 Å². The van der Waals surface area contributed by atoms with Gasteiger partial charge in [-0.3, -0.25) is 0 Å². The fourth-order valence-corrected chi connectivity index (χ4v) is 10.5. The van der Waals surface area contributed by atoms with Crippen LogP contribution in [0.15, 0.2) is 0 Å². The molecule has 0 rings (SSSR count). The normalized spacial score (nSPS) is 12.6. The second-order valence-electron chi connectivity index (χ2n) is 9.88. The predicted molar refractivity (Wildman–Crippen MR) is 140 cm³/mol. The van der Waals surface area contributed by atoms with Crippen molar-refractivity contribution < 1.29 is 5.11 Å². The van der Waals surface area contributed by atoms with Gasteiger partial charge in [-0.25, -0.2) is 0 Å². The molecule has 0 bridgehead atoms. The molecule has 0 fully saturated rings. The zero-order chi connectivity index (χ0) is 21.5. The van der Waals surface area contributed by atoms with Crippen molar-refractivity contribution in [3.05, 3.63) is 0 Å². The van der Waals surface area contributed by atoms with E-state index < -0.39 is 7.26 Å². The van der Waals surface area contributed by atoms with E-state index in [9.17, 15) is 5.11 Å². The first-order valence-electron chi connectivity index (χ1n) is 13.9. The maximum atomic E-state index is 9.56. The molecular formula is C27H59OP. The van der Waals surface area contributed by atoms with E-state index in [-0.39, 0.29) is 0 Å². The van der Waals surface area contributed by atoms with E-state index in [1.54, 1.807) is 18.5 Å². The molecule has 1 nitrogen and oxygen atoms in total. The van der Waals surface area contributed by atoms with Crippen molar-refractivity contribution in [3.63, 3.8) is 0 Å². The van der Waals surface area contributed by atoms with E-state index in [1.165, 1.54) is 122 Å². The Bertz CT molecular complexity index is 264. The molecule has 0 aromatic rings. The van der Waals surface area contributed by atoms with Crippen molar-refractivity contribution in [2.24, 2.45) is 0 Å². The Labute approximate surface area is 186 Å². The van der Waals surface area contributed by atoms with Crippen molar-refractivity contribution >= 4 is 7.26 Å². The van der Waals surface area contributed by atoms with Crippen molar-refractivity contribution in [2.45, 2.75) is 143 Å². The molecule has 0 aliphatic rings. The quantitative estimate of drug-likeness (QED) is 0.119. The molecule has 0 saturated carbocycles. The SMILES string of the molecule is CCCCCCCC[PH](CCCO)(CCCCCCCC)CCCCCCCC. The van der Waals surface area contributed by atoms with E-state index in [1.807, 2.05) is 0 Å². The average molecular weight is 431 g/mol. The molecule has 0 spiro atoms. The minimum atomic E-state index is -1.18. The van der Waals surface area contributed by atoms with Crippen LogP contribution in [0.5, 0.6) is 0 Å². The summed E-state index contributed by atoms with van der Waals surface area (Å²) in [5, 5.41) is 9.56. The number of unbranched alkanes of at least 4 members (excludes halogenated alkanes) is 15. The molecule has 0 unspecified atom stereocenters. The fraction of sp³-hybridized carbons (Fsp3) is 1.00. The summed E-state index contributed by atoms with van der Waals surface area (Å²) in [5.74, 6) is 0. The third-order valence-corrected chi connectivity index (χ3v) is 12.7. The Balaban J connectivity index is 4.52. The first-order valence-corrected chi connectivity index (χ1v) is 16.7. The fourth-order valence-electron chi connectivity index (χ4n) is 5.05. The number of aliphatic hydroxyl groups is 1. The van der Waals surface area contributed by atoms with Gasteiger partial charge in [0.1, 0.15) is 0 Å². The van der Waals surface area contributed by atoms with Crippen molar-refractivity contribution in [2.75, 3.05) is 31.3 Å². The van der Waals surface area contributed by atoms with Crippen molar-refractivity contribution in [1.29, 1.82) is 0 Å². The van der Waals surface area contributed by atoms with Gasteiger partial charge in [0.05, 0.1) is 0 Å². The van der Waals surface area contributed by atoms with Gasteiger partial charge in [-0.1, -0.05) is 0 Å². The topological polar surface area (TPSA) is 20.2 Å². The monoisotopic (exact) mass is 430 g/mol. The van der Waals surface area contributed by atoms with Crippen LogP contribution in [0.25, 0.3) is 0 Å². The molecule has 0 aliphatic heterocycles. The molecule has 178 valence electrons. The number of aliphatic hydroxyl groups excluding tert-OH is 1. The minimum absolute atomic E-state index is 0.415. The molecule has 0 atom stereocenters. The molecule has 0 aliphatic carbocycles. The summed E-state index contributed by atoms with van der Waals surface area (Å²) in [6.07, 6.45) is 33.0. The van der Waals surface area contributed by atoms with Gasteiger partial charge in [-0.15, -0.1) is 0 Å². The molecule has 0 saturated heterocycles. The standard InChI is InChI=1S/C27H59OP/c1-4-7-10-13-16-19-24-29(27-22-23-28,25-20-17-14-11-8-5-2)26-21-18-15-12-9-6-3/h28-29H,4-27H2,1-3H3. The molecular weight excluding hydrogens is 371 g/mol. The van der Waals surface area contributed by atoms with Crippen LogP contribution in [0.3, 0.4) is 0 Å². The van der Waals surface area contributed by atoms with Gasteiger partial charge < -0.3 is 0 Å². The third kappa shape index (κ3) is 18.8. The summed E-state index contributed by atoms with van der Waals surface area (Å²) in [6, 6.07) is 0. The Morgan fingerprint density at radius 2 is 0.655 bits per heavy atom. The molecule has 0 aromatic heterocycles. The number of rotatable bonds is 24. The number of hydrogen-bond acceptors (Lipinski definition) is 1. The molecule has 29 heavy (non-hydrogen) atoms. The summed E-state index contributed by atoms with van der Waals surface area (Å²) in [5.41, 5.74) is 0. The second-order valence-corrected chi connectivity index (χ2v) is 14.9. The van der Waals surface area contributed by atoms with E-state index in [0.29, 0.717) is 6.61 Å². The maximum absolute atomic E-state index is 9.56. The van der Waals surface area contributed by atoms with Crippen molar-refractivity contribution in [3.8, 4) is 0 Å². The first-order chi connectivity index (χ1) is 14.2. The molecule has 0 radical (unpaired) electrons. The Hall–Kier alpha value is 0.390. The summed E-state index contributed by atoms with van der Waals surface area (Å²) in [7, 11) is -1.18. The predicted octanol–water partition coefficient (Wildman–Crippen LogP) is 9.20. The van der Waals surface area contributed by atoms with Crippen molar-refractivity contribution in [1.82, 2.24) is 0 Å². The van der Waals surface area contributed by atoms with Gasteiger partial charge in [0.15, 0.2) is 0 Å². The molecule has 0 aromatic carbocycles. The van der Waals surface area contributed by atoms with E-state index >= 15 is 0 Å². The van der Waals surface area contributed by atoms with Gasteiger partial charge in [-0.2, -0.15) is 0 Å². The van der Waals surface area contributed by atoms with Gasteiger partial charge in [0.2, 0.25) is 0 Å².